The Balaban J connectivity index is 1.44. The highest BCUT2D eigenvalue weighted by Crippen LogP contribution is 2.40. The summed E-state index contributed by atoms with van der Waals surface area (Å²) < 4.78 is 38.6. The highest BCUT2D eigenvalue weighted by molar-refractivity contribution is 7.86. The zero-order valence-corrected chi connectivity index (χ0v) is 24.2. The van der Waals surface area contributed by atoms with Crippen LogP contribution in [0.15, 0.2) is 88.9 Å². The van der Waals surface area contributed by atoms with Crippen molar-refractivity contribution in [3.63, 3.8) is 0 Å². The lowest BCUT2D eigenvalue weighted by Gasteiger charge is -2.09. The van der Waals surface area contributed by atoms with E-state index in [0.717, 1.165) is 27.5 Å². The topological polar surface area (TPSA) is 104 Å². The van der Waals surface area contributed by atoms with E-state index in [4.69, 9.17) is 9.02 Å². The molecule has 0 N–H and O–H groups in total. The van der Waals surface area contributed by atoms with Gasteiger partial charge >= 0.3 is 10.1 Å². The molecule has 5 aromatic rings. The van der Waals surface area contributed by atoms with Crippen LogP contribution in [0, 0.1) is 13.8 Å². The fourth-order valence-electron chi connectivity index (χ4n) is 5.40. The highest BCUT2D eigenvalue weighted by atomic mass is 32.2. The number of benzene rings is 4. The van der Waals surface area contributed by atoms with Crippen molar-refractivity contribution in [2.24, 2.45) is 5.16 Å². The Morgan fingerprint density at radius 1 is 0.976 bits per heavy atom. The van der Waals surface area contributed by atoms with E-state index in [-0.39, 0.29) is 35.0 Å². The molecule has 0 spiro atoms. The Morgan fingerprint density at radius 3 is 2.45 bits per heavy atom. The van der Waals surface area contributed by atoms with E-state index in [2.05, 4.69) is 9.72 Å². The fraction of sp³-hybridized carbons (Fsp3) is 0.182. The molecular weight excluding hydrogens is 552 g/mol. The van der Waals surface area contributed by atoms with Gasteiger partial charge in [0.1, 0.15) is 16.4 Å². The van der Waals surface area contributed by atoms with Gasteiger partial charge in [0, 0.05) is 35.0 Å². The molecule has 0 radical (unpaired) electrons. The number of oxime groups is 1. The van der Waals surface area contributed by atoms with E-state index in [1.165, 1.54) is 12.1 Å². The van der Waals surface area contributed by atoms with Crippen LogP contribution in [-0.2, 0) is 20.9 Å². The Hall–Kier alpha value is -4.76. The van der Waals surface area contributed by atoms with Crippen molar-refractivity contribution < 1.29 is 27.0 Å². The number of ketones is 2. The molecule has 6 rings (SSSR count). The van der Waals surface area contributed by atoms with Crippen molar-refractivity contribution in [2.45, 2.75) is 38.6 Å². The number of nitrogens with zero attached hydrogens (tertiary/aromatic N) is 2. The van der Waals surface area contributed by atoms with Crippen LogP contribution in [0.25, 0.3) is 21.8 Å². The fourth-order valence-corrected chi connectivity index (χ4v) is 6.14. The zero-order valence-electron chi connectivity index (χ0n) is 23.4. The second-order valence-corrected chi connectivity index (χ2v) is 11.8. The molecule has 0 fully saturated rings. The van der Waals surface area contributed by atoms with Gasteiger partial charge in [0.15, 0.2) is 5.78 Å². The maximum absolute atomic E-state index is 13.6. The number of ether oxygens (including phenoxy) is 1. The van der Waals surface area contributed by atoms with Crippen LogP contribution >= 0.6 is 0 Å². The Morgan fingerprint density at radius 2 is 1.71 bits per heavy atom. The van der Waals surface area contributed by atoms with Gasteiger partial charge in [-0.05, 0) is 68.8 Å². The van der Waals surface area contributed by atoms with Gasteiger partial charge in [-0.1, -0.05) is 47.1 Å². The number of rotatable bonds is 6. The summed E-state index contributed by atoms with van der Waals surface area (Å²) in [7, 11) is -4.21. The number of Topliss-reactive ketones (excluding diaryl/α,β-unsaturated/α-hetero) is 1. The predicted octanol–water partition coefficient (Wildman–Crippen LogP) is 6.39. The highest BCUT2D eigenvalue weighted by Gasteiger charge is 2.28. The quantitative estimate of drug-likeness (QED) is 0.170. The molecule has 9 heteroatoms. The molecule has 212 valence electrons. The normalized spacial score (nSPS) is 14.5. The Bertz CT molecular complexity index is 2040. The number of hydrogen-bond acceptors (Lipinski definition) is 7. The van der Waals surface area contributed by atoms with E-state index < -0.39 is 15.9 Å². The van der Waals surface area contributed by atoms with E-state index in [0.29, 0.717) is 28.8 Å². The third kappa shape index (κ3) is 4.65. The average molecular weight is 581 g/mol. The van der Waals surface area contributed by atoms with E-state index in [1.54, 1.807) is 18.2 Å². The van der Waals surface area contributed by atoms with E-state index in [9.17, 15) is 18.0 Å². The van der Waals surface area contributed by atoms with Crippen LogP contribution in [0.1, 0.15) is 50.8 Å². The van der Waals surface area contributed by atoms with Crippen molar-refractivity contribution >= 4 is 49.2 Å². The minimum Gasteiger partial charge on any atom is -0.492 e. The van der Waals surface area contributed by atoms with Crippen molar-refractivity contribution in [3.8, 4) is 5.75 Å². The minimum absolute atomic E-state index is 0.0553. The summed E-state index contributed by atoms with van der Waals surface area (Å²) in [5, 5.41) is 5.29. The summed E-state index contributed by atoms with van der Waals surface area (Å²) in [4.78, 5) is 27.0. The summed E-state index contributed by atoms with van der Waals surface area (Å²) in [6.07, 6.45) is 0.0574. The summed E-state index contributed by atoms with van der Waals surface area (Å²) in [6.45, 7) is 6.53. The van der Waals surface area contributed by atoms with Gasteiger partial charge in [0.2, 0.25) is 5.78 Å². The predicted molar refractivity (Wildman–Crippen MR) is 161 cm³/mol. The number of aryl methyl sites for hydroxylation is 3. The van der Waals surface area contributed by atoms with Crippen LogP contribution in [0.5, 0.6) is 5.75 Å². The molecule has 4 aromatic carbocycles. The molecule has 0 saturated carbocycles. The monoisotopic (exact) mass is 580 g/mol. The van der Waals surface area contributed by atoms with Gasteiger partial charge in [0.05, 0.1) is 23.1 Å². The van der Waals surface area contributed by atoms with Crippen LogP contribution in [0.3, 0.4) is 0 Å². The molecule has 42 heavy (non-hydrogen) atoms. The van der Waals surface area contributed by atoms with Gasteiger partial charge in [0.25, 0.3) is 0 Å². The Kier molecular flexibility index (Phi) is 6.90. The second kappa shape index (κ2) is 10.6. The third-order valence-corrected chi connectivity index (χ3v) is 8.72. The van der Waals surface area contributed by atoms with E-state index >= 15 is 0 Å². The average Bonchev–Trinajstić information content (AvgIpc) is 3.22. The van der Waals surface area contributed by atoms with Crippen molar-refractivity contribution in [3.05, 3.63) is 107 Å². The van der Waals surface area contributed by atoms with Gasteiger partial charge in [-0.15, -0.1) is 0 Å². The van der Waals surface area contributed by atoms with Gasteiger partial charge in [-0.3, -0.25) is 13.9 Å². The molecule has 0 bridgehead atoms. The molecule has 0 amide bonds. The molecule has 1 aliphatic rings. The van der Waals surface area contributed by atoms with Crippen molar-refractivity contribution in [1.82, 2.24) is 4.57 Å². The zero-order chi connectivity index (χ0) is 29.6. The summed E-state index contributed by atoms with van der Waals surface area (Å²) in [5.74, 6) is -0.192. The molecule has 1 aliphatic heterocycles. The number of carbonyl (C=O) groups is 2. The second-order valence-electron chi connectivity index (χ2n) is 10.3. The molecule has 0 saturated heterocycles. The lowest BCUT2D eigenvalue weighted by atomic mass is 9.97. The number of aromatic nitrogens is 1. The molecule has 0 atom stereocenters. The van der Waals surface area contributed by atoms with Gasteiger partial charge < -0.3 is 9.30 Å². The molecule has 2 heterocycles. The first-order chi connectivity index (χ1) is 20.2. The van der Waals surface area contributed by atoms with Crippen LogP contribution in [-0.4, -0.2) is 36.9 Å². The molecular formula is C33H28N2O6S. The lowest BCUT2D eigenvalue weighted by Crippen LogP contribution is -2.15. The van der Waals surface area contributed by atoms with Gasteiger partial charge in [-0.25, -0.2) is 0 Å². The minimum atomic E-state index is -4.21. The number of carbonyl (C=O) groups excluding carboxylic acids is 2. The van der Waals surface area contributed by atoms with Crippen molar-refractivity contribution in [1.29, 1.82) is 0 Å². The first-order valence-corrected chi connectivity index (χ1v) is 15.0. The first-order valence-electron chi connectivity index (χ1n) is 13.6. The molecule has 0 unspecified atom stereocenters. The van der Waals surface area contributed by atoms with E-state index in [1.807, 2.05) is 69.3 Å². The summed E-state index contributed by atoms with van der Waals surface area (Å²) in [5.41, 5.74) is 4.90. The van der Waals surface area contributed by atoms with Gasteiger partial charge in [-0.2, -0.15) is 8.42 Å². The van der Waals surface area contributed by atoms with Crippen LogP contribution < -0.4 is 4.74 Å². The van der Waals surface area contributed by atoms with Crippen LogP contribution in [0.4, 0.5) is 0 Å². The van der Waals surface area contributed by atoms with Crippen molar-refractivity contribution in [2.75, 3.05) is 6.61 Å². The smallest absolute Gasteiger partial charge is 0.358 e. The third-order valence-electron chi connectivity index (χ3n) is 7.60. The standard InChI is InChI=1S/C33H28N2O6S/c1-4-35-28-15-11-22(31(36)24-8-6-5-7-21(24)3)19-26(28)30-29(35)16-14-25-32(37)27(17-18-40-33(25)30)34-41-42(38,39)23-12-9-20(2)10-13-23/h5-16,19H,4,17-18H2,1-3H3/b34-27+. The number of hydrogen-bond donors (Lipinski definition) is 0. The largest absolute Gasteiger partial charge is 0.492 e. The first kappa shape index (κ1) is 27.4. The number of fused-ring (bicyclic) bond motifs is 5. The van der Waals surface area contributed by atoms with Crippen LogP contribution in [0.2, 0.25) is 0 Å². The maximum Gasteiger partial charge on any atom is 0.358 e. The lowest BCUT2D eigenvalue weighted by molar-refractivity contribution is 0.103. The molecule has 8 nitrogen and oxygen atoms in total. The molecule has 0 aliphatic carbocycles. The Labute approximate surface area is 243 Å². The summed E-state index contributed by atoms with van der Waals surface area (Å²) >= 11 is 0. The summed E-state index contributed by atoms with van der Waals surface area (Å²) in [6, 6.07) is 22.7. The maximum atomic E-state index is 13.6. The molecule has 1 aromatic heterocycles. The SMILES string of the molecule is CCn1c2ccc(C(=O)c3ccccc3C)cc2c2c3c(ccc21)C(=O)/C(=N/OS(=O)(=O)c1ccc(C)cc1)CCO3.